The van der Waals surface area contributed by atoms with Crippen LogP contribution in [-0.2, 0) is 22.6 Å². The van der Waals surface area contributed by atoms with Gasteiger partial charge < -0.3 is 4.74 Å². The van der Waals surface area contributed by atoms with Gasteiger partial charge in [0.05, 0.1) is 5.69 Å². The second-order valence-corrected chi connectivity index (χ2v) is 3.69. The summed E-state index contributed by atoms with van der Waals surface area (Å²) in [6.45, 7) is 2.91. The zero-order chi connectivity index (χ0) is 9.52. The van der Waals surface area contributed by atoms with Crippen molar-refractivity contribution in [2.45, 2.75) is 32.8 Å². The zero-order valence-corrected chi connectivity index (χ0v) is 8.47. The second kappa shape index (κ2) is 5.70. The Morgan fingerprint density at radius 3 is 3.23 bits per heavy atom. The Hall–Kier alpha value is -0.900. The van der Waals surface area contributed by atoms with Crippen molar-refractivity contribution in [3.8, 4) is 0 Å². The average molecular weight is 199 g/mol. The normalized spacial score (nSPS) is 9.92. The molecule has 0 bridgehead atoms. The third-order valence-corrected chi connectivity index (χ3v) is 2.53. The van der Waals surface area contributed by atoms with E-state index in [9.17, 15) is 4.79 Å². The van der Waals surface area contributed by atoms with Gasteiger partial charge in [0.15, 0.2) is 0 Å². The first-order valence-electron chi connectivity index (χ1n) is 4.35. The number of aryl methyl sites for hydroxylation is 1. The number of aromatic nitrogens is 1. The van der Waals surface area contributed by atoms with Crippen molar-refractivity contribution in [3.05, 3.63) is 16.1 Å². The molecule has 4 heteroatoms. The third kappa shape index (κ3) is 3.55. The van der Waals surface area contributed by atoms with Crippen LogP contribution in [0.5, 0.6) is 0 Å². The molecular weight excluding hydrogens is 186 g/mol. The van der Waals surface area contributed by atoms with Crippen LogP contribution >= 0.6 is 11.3 Å². The lowest BCUT2D eigenvalue weighted by atomic mass is 10.2. The van der Waals surface area contributed by atoms with E-state index in [1.54, 1.807) is 11.3 Å². The molecule has 0 amide bonds. The molecular formula is C9H13NO2S. The maximum atomic E-state index is 9.91. The van der Waals surface area contributed by atoms with Crippen molar-refractivity contribution in [1.29, 1.82) is 0 Å². The van der Waals surface area contributed by atoms with Crippen LogP contribution in [0.4, 0.5) is 0 Å². The molecule has 0 saturated heterocycles. The largest absolute Gasteiger partial charge is 0.460 e. The highest BCUT2D eigenvalue weighted by Crippen LogP contribution is 2.12. The maximum absolute atomic E-state index is 9.91. The van der Waals surface area contributed by atoms with E-state index in [2.05, 4.69) is 16.6 Å². The lowest BCUT2D eigenvalue weighted by Crippen LogP contribution is -1.90. The van der Waals surface area contributed by atoms with Crippen LogP contribution in [0.15, 0.2) is 5.38 Å². The van der Waals surface area contributed by atoms with E-state index in [1.807, 2.05) is 5.38 Å². The minimum atomic E-state index is 0.306. The van der Waals surface area contributed by atoms with Gasteiger partial charge in [-0.1, -0.05) is 13.3 Å². The molecule has 0 fully saturated rings. The van der Waals surface area contributed by atoms with Crippen LogP contribution < -0.4 is 0 Å². The summed E-state index contributed by atoms with van der Waals surface area (Å²) >= 11 is 1.54. The summed E-state index contributed by atoms with van der Waals surface area (Å²) in [5, 5.41) is 2.90. The quantitative estimate of drug-likeness (QED) is 0.659. The number of thiazole rings is 1. The number of unbranched alkanes of at least 4 members (excludes halogenated alkanes) is 1. The minimum Gasteiger partial charge on any atom is -0.460 e. The van der Waals surface area contributed by atoms with E-state index in [0.29, 0.717) is 13.1 Å². The predicted molar refractivity (Wildman–Crippen MR) is 51.6 cm³/mol. The molecule has 0 radical (unpaired) electrons. The van der Waals surface area contributed by atoms with Crippen LogP contribution in [0.3, 0.4) is 0 Å². The fourth-order valence-corrected chi connectivity index (χ4v) is 1.74. The molecule has 3 nitrogen and oxygen atoms in total. The summed E-state index contributed by atoms with van der Waals surface area (Å²) in [6.07, 6.45) is 3.36. The summed E-state index contributed by atoms with van der Waals surface area (Å²) in [5.74, 6) is 0. The molecule has 1 heterocycles. The van der Waals surface area contributed by atoms with Gasteiger partial charge in [0.25, 0.3) is 6.47 Å². The van der Waals surface area contributed by atoms with Gasteiger partial charge in [0.2, 0.25) is 0 Å². The van der Waals surface area contributed by atoms with Crippen LogP contribution in [0, 0.1) is 0 Å². The first-order chi connectivity index (χ1) is 6.36. The van der Waals surface area contributed by atoms with Gasteiger partial charge in [-0.2, -0.15) is 0 Å². The second-order valence-electron chi connectivity index (χ2n) is 2.74. The van der Waals surface area contributed by atoms with Crippen molar-refractivity contribution in [1.82, 2.24) is 4.98 Å². The lowest BCUT2D eigenvalue weighted by molar-refractivity contribution is -0.129. The molecule has 0 unspecified atom stereocenters. The van der Waals surface area contributed by atoms with Gasteiger partial charge in [0.1, 0.15) is 11.6 Å². The molecule has 1 aromatic rings. The molecule has 0 atom stereocenters. The zero-order valence-electron chi connectivity index (χ0n) is 7.66. The number of carbonyl (C=O) groups is 1. The number of ether oxygens (including phenoxy) is 1. The minimum absolute atomic E-state index is 0.306. The molecule has 0 aliphatic carbocycles. The third-order valence-electron chi connectivity index (χ3n) is 1.66. The molecule has 0 aromatic carbocycles. The molecule has 0 N–H and O–H groups in total. The Balaban J connectivity index is 2.38. The first kappa shape index (κ1) is 10.2. The van der Waals surface area contributed by atoms with E-state index < -0.39 is 0 Å². The van der Waals surface area contributed by atoms with Gasteiger partial charge >= 0.3 is 0 Å². The molecule has 1 aromatic heterocycles. The van der Waals surface area contributed by atoms with Crippen molar-refractivity contribution < 1.29 is 9.53 Å². The smallest absolute Gasteiger partial charge is 0.293 e. The molecule has 13 heavy (non-hydrogen) atoms. The van der Waals surface area contributed by atoms with Gasteiger partial charge in [-0.05, 0) is 12.8 Å². The Morgan fingerprint density at radius 2 is 2.54 bits per heavy atom. The van der Waals surface area contributed by atoms with Gasteiger partial charge in [-0.25, -0.2) is 4.98 Å². The summed E-state index contributed by atoms with van der Waals surface area (Å²) < 4.78 is 4.60. The number of carbonyl (C=O) groups excluding carboxylic acids is 1. The van der Waals surface area contributed by atoms with Gasteiger partial charge in [-0.15, -0.1) is 11.3 Å². The highest BCUT2D eigenvalue weighted by molar-refractivity contribution is 7.09. The van der Waals surface area contributed by atoms with Crippen molar-refractivity contribution in [3.63, 3.8) is 0 Å². The van der Waals surface area contributed by atoms with E-state index in [0.717, 1.165) is 23.5 Å². The number of hydrogen-bond acceptors (Lipinski definition) is 4. The van der Waals surface area contributed by atoms with Crippen molar-refractivity contribution in [2.75, 3.05) is 0 Å². The lowest BCUT2D eigenvalue weighted by Gasteiger charge is -1.93. The molecule has 0 aliphatic heterocycles. The van der Waals surface area contributed by atoms with Crippen molar-refractivity contribution >= 4 is 17.8 Å². The first-order valence-corrected chi connectivity index (χ1v) is 5.23. The van der Waals surface area contributed by atoms with Gasteiger partial charge in [-0.3, -0.25) is 4.79 Å². The fraction of sp³-hybridized carbons (Fsp3) is 0.556. The topological polar surface area (TPSA) is 39.2 Å². The van der Waals surface area contributed by atoms with Crippen LogP contribution in [-0.4, -0.2) is 11.5 Å². The summed E-state index contributed by atoms with van der Waals surface area (Å²) in [4.78, 5) is 14.2. The standard InChI is InChI=1S/C9H13NO2S/c1-2-3-4-8-6-13-9(10-8)5-12-7-11/h6-7H,2-5H2,1H3. The summed E-state index contributed by atoms with van der Waals surface area (Å²) in [5.41, 5.74) is 1.11. The Morgan fingerprint density at radius 1 is 1.69 bits per heavy atom. The Labute approximate surface area is 81.8 Å². The van der Waals surface area contributed by atoms with Crippen LogP contribution in [0.25, 0.3) is 0 Å². The van der Waals surface area contributed by atoms with Crippen LogP contribution in [0.2, 0.25) is 0 Å². The van der Waals surface area contributed by atoms with E-state index in [4.69, 9.17) is 0 Å². The highest BCUT2D eigenvalue weighted by Gasteiger charge is 2.01. The number of rotatable bonds is 6. The molecule has 0 aliphatic rings. The van der Waals surface area contributed by atoms with E-state index >= 15 is 0 Å². The molecule has 1 rings (SSSR count). The highest BCUT2D eigenvalue weighted by atomic mass is 32.1. The number of nitrogens with zero attached hydrogens (tertiary/aromatic N) is 1. The number of hydrogen-bond donors (Lipinski definition) is 0. The summed E-state index contributed by atoms with van der Waals surface area (Å²) in [7, 11) is 0. The Bertz CT molecular complexity index is 260. The van der Waals surface area contributed by atoms with Gasteiger partial charge in [0, 0.05) is 5.38 Å². The molecule has 0 spiro atoms. The summed E-state index contributed by atoms with van der Waals surface area (Å²) in [6, 6.07) is 0. The SMILES string of the molecule is CCCCc1csc(COC=O)n1. The van der Waals surface area contributed by atoms with E-state index in [1.165, 1.54) is 6.42 Å². The van der Waals surface area contributed by atoms with Crippen LogP contribution in [0.1, 0.15) is 30.5 Å². The molecule has 0 saturated carbocycles. The Kier molecular flexibility index (Phi) is 4.46. The molecule has 72 valence electrons. The van der Waals surface area contributed by atoms with E-state index in [-0.39, 0.29) is 0 Å². The maximum Gasteiger partial charge on any atom is 0.293 e. The van der Waals surface area contributed by atoms with Crippen molar-refractivity contribution in [2.24, 2.45) is 0 Å². The predicted octanol–water partition coefficient (Wildman–Crippen LogP) is 2.16. The monoisotopic (exact) mass is 199 g/mol. The average Bonchev–Trinajstić information content (AvgIpc) is 2.59. The fourth-order valence-electron chi connectivity index (χ4n) is 0.993.